The van der Waals surface area contributed by atoms with E-state index in [1.165, 1.54) is 12.1 Å². The van der Waals surface area contributed by atoms with Crippen LogP contribution in [-0.4, -0.2) is 47.8 Å². The lowest BCUT2D eigenvalue weighted by molar-refractivity contribution is 0.122. The van der Waals surface area contributed by atoms with Gasteiger partial charge in [-0.05, 0) is 30.3 Å². The molecular formula is C28H25FN6O. The summed E-state index contributed by atoms with van der Waals surface area (Å²) in [6.45, 7) is 16.1. The maximum Gasteiger partial charge on any atom is 0.238 e. The second-order valence-corrected chi connectivity index (χ2v) is 9.78. The van der Waals surface area contributed by atoms with Crippen molar-refractivity contribution in [3.05, 3.63) is 77.8 Å². The first kappa shape index (κ1) is 22.4. The van der Waals surface area contributed by atoms with Crippen LogP contribution in [0.1, 0.15) is 19.5 Å². The monoisotopic (exact) mass is 480 g/mol. The fourth-order valence-corrected chi connectivity index (χ4v) is 5.19. The smallest absolute Gasteiger partial charge is 0.238 e. The first-order valence-electron chi connectivity index (χ1n) is 12.0. The standard InChI is InChI=1S/C28H25FN6O/c1-28(2)17-35(23-15-19(16-32-27(23)28)34-10-12-36-13-11-34)26-20-8-7-18(29)14-22(20)33-24(25(26)30-3)21-6-4-5-9-31-21/h4-9,14-16H,10-13,17H2,1-2H3. The second kappa shape index (κ2) is 8.54. The van der Waals surface area contributed by atoms with Gasteiger partial charge in [0.05, 0.1) is 65.6 Å². The molecule has 2 aliphatic heterocycles. The lowest BCUT2D eigenvalue weighted by Crippen LogP contribution is -2.36. The highest BCUT2D eigenvalue weighted by molar-refractivity contribution is 6.06. The molecule has 1 saturated heterocycles. The van der Waals surface area contributed by atoms with Crippen LogP contribution < -0.4 is 9.80 Å². The minimum Gasteiger partial charge on any atom is -0.378 e. The second-order valence-electron chi connectivity index (χ2n) is 9.78. The molecule has 1 aromatic carbocycles. The Morgan fingerprint density at radius 3 is 2.67 bits per heavy atom. The minimum absolute atomic E-state index is 0.251. The molecule has 0 unspecified atom stereocenters. The van der Waals surface area contributed by atoms with E-state index in [-0.39, 0.29) is 11.2 Å². The van der Waals surface area contributed by atoms with Crippen molar-refractivity contribution in [2.75, 3.05) is 42.6 Å². The van der Waals surface area contributed by atoms with Crippen LogP contribution in [-0.2, 0) is 10.2 Å². The molecule has 5 heterocycles. The molecule has 0 aliphatic carbocycles. The molecule has 36 heavy (non-hydrogen) atoms. The SMILES string of the molecule is [C-]#[N+]c1c(-c2ccccn2)nc2cc(F)ccc2c1N1CC(C)(C)c2ncc(N3CCOCC3)cc21. The fraction of sp³-hybridized carbons (Fsp3) is 0.286. The molecule has 0 N–H and O–H groups in total. The average Bonchev–Trinajstić information content (AvgIpc) is 3.18. The van der Waals surface area contributed by atoms with Gasteiger partial charge in [0, 0.05) is 42.7 Å². The maximum absolute atomic E-state index is 14.3. The van der Waals surface area contributed by atoms with Gasteiger partial charge in [0.15, 0.2) is 0 Å². The van der Waals surface area contributed by atoms with E-state index < -0.39 is 0 Å². The van der Waals surface area contributed by atoms with Crippen molar-refractivity contribution < 1.29 is 9.13 Å². The molecule has 0 spiro atoms. The number of pyridine rings is 3. The van der Waals surface area contributed by atoms with Crippen LogP contribution in [0.2, 0.25) is 0 Å². The van der Waals surface area contributed by atoms with Crippen LogP contribution in [0.5, 0.6) is 0 Å². The number of hydrogen-bond acceptors (Lipinski definition) is 6. The van der Waals surface area contributed by atoms with Crippen molar-refractivity contribution in [3.63, 3.8) is 0 Å². The molecule has 0 atom stereocenters. The summed E-state index contributed by atoms with van der Waals surface area (Å²) in [6, 6.07) is 12.2. The van der Waals surface area contributed by atoms with Crippen LogP contribution in [0.4, 0.5) is 27.1 Å². The third kappa shape index (κ3) is 3.64. The summed E-state index contributed by atoms with van der Waals surface area (Å²) in [7, 11) is 0. The van der Waals surface area contributed by atoms with Gasteiger partial charge in [0.1, 0.15) is 5.82 Å². The van der Waals surface area contributed by atoms with Crippen LogP contribution >= 0.6 is 0 Å². The number of morpholine rings is 1. The number of halogens is 1. The molecule has 4 aromatic rings. The number of benzene rings is 1. The lowest BCUT2D eigenvalue weighted by atomic mass is 9.91. The molecule has 0 amide bonds. The summed E-state index contributed by atoms with van der Waals surface area (Å²) in [4.78, 5) is 22.5. The average molecular weight is 481 g/mol. The molecule has 0 saturated carbocycles. The summed E-state index contributed by atoms with van der Waals surface area (Å²) >= 11 is 0. The van der Waals surface area contributed by atoms with Gasteiger partial charge in [0.25, 0.3) is 0 Å². The molecule has 1 fully saturated rings. The Bertz CT molecular complexity index is 1510. The Balaban J connectivity index is 1.61. The van der Waals surface area contributed by atoms with E-state index in [0.29, 0.717) is 48.0 Å². The van der Waals surface area contributed by atoms with E-state index in [1.54, 1.807) is 12.3 Å². The van der Waals surface area contributed by atoms with Crippen molar-refractivity contribution in [1.29, 1.82) is 0 Å². The molecule has 0 radical (unpaired) electrons. The van der Waals surface area contributed by atoms with Crippen molar-refractivity contribution in [3.8, 4) is 11.4 Å². The number of anilines is 3. The Morgan fingerprint density at radius 2 is 1.92 bits per heavy atom. The summed E-state index contributed by atoms with van der Waals surface area (Å²) in [6.07, 6.45) is 3.61. The van der Waals surface area contributed by atoms with Gasteiger partial charge in [-0.3, -0.25) is 15.0 Å². The van der Waals surface area contributed by atoms with Gasteiger partial charge >= 0.3 is 0 Å². The molecule has 0 bridgehead atoms. The Hall–Kier alpha value is -4.09. The summed E-state index contributed by atoms with van der Waals surface area (Å²) < 4.78 is 19.9. The number of nitrogens with zero attached hydrogens (tertiary/aromatic N) is 6. The van der Waals surface area contributed by atoms with E-state index >= 15 is 0 Å². The minimum atomic E-state index is -0.373. The highest BCUT2D eigenvalue weighted by atomic mass is 19.1. The molecule has 180 valence electrons. The van der Waals surface area contributed by atoms with Crippen molar-refractivity contribution in [2.24, 2.45) is 0 Å². The Morgan fingerprint density at radius 1 is 1.08 bits per heavy atom. The Kier molecular flexibility index (Phi) is 5.31. The van der Waals surface area contributed by atoms with E-state index in [9.17, 15) is 4.39 Å². The maximum atomic E-state index is 14.3. The zero-order valence-electron chi connectivity index (χ0n) is 20.2. The third-order valence-corrected chi connectivity index (χ3v) is 6.90. The van der Waals surface area contributed by atoms with Gasteiger partial charge < -0.3 is 14.5 Å². The fourth-order valence-electron chi connectivity index (χ4n) is 5.19. The van der Waals surface area contributed by atoms with Gasteiger partial charge in [-0.1, -0.05) is 19.9 Å². The van der Waals surface area contributed by atoms with Crippen molar-refractivity contribution >= 4 is 33.7 Å². The number of rotatable bonds is 3. The molecule has 6 rings (SSSR count). The van der Waals surface area contributed by atoms with Crippen molar-refractivity contribution in [1.82, 2.24) is 15.0 Å². The predicted molar refractivity (Wildman–Crippen MR) is 138 cm³/mol. The van der Waals surface area contributed by atoms with Crippen LogP contribution in [0.25, 0.3) is 27.1 Å². The number of fused-ring (bicyclic) bond motifs is 2. The van der Waals surface area contributed by atoms with Gasteiger partial charge in [0.2, 0.25) is 5.69 Å². The highest BCUT2D eigenvalue weighted by Crippen LogP contribution is 2.51. The van der Waals surface area contributed by atoms with E-state index in [2.05, 4.69) is 39.5 Å². The van der Waals surface area contributed by atoms with E-state index in [0.717, 1.165) is 35.5 Å². The first-order chi connectivity index (χ1) is 17.5. The van der Waals surface area contributed by atoms with Crippen LogP contribution in [0.3, 0.4) is 0 Å². The Labute approximate surface area is 209 Å². The van der Waals surface area contributed by atoms with Gasteiger partial charge in [-0.25, -0.2) is 9.24 Å². The van der Waals surface area contributed by atoms with E-state index in [4.69, 9.17) is 21.3 Å². The summed E-state index contributed by atoms with van der Waals surface area (Å²) in [5.41, 5.74) is 5.33. The zero-order valence-corrected chi connectivity index (χ0v) is 20.2. The molecule has 7 nitrogen and oxygen atoms in total. The number of ether oxygens (including phenoxy) is 1. The van der Waals surface area contributed by atoms with Crippen molar-refractivity contribution in [2.45, 2.75) is 19.3 Å². The number of hydrogen-bond donors (Lipinski definition) is 0. The molecule has 8 heteroatoms. The summed E-state index contributed by atoms with van der Waals surface area (Å²) in [5, 5.41) is 0.725. The van der Waals surface area contributed by atoms with Gasteiger partial charge in [-0.2, -0.15) is 0 Å². The summed E-state index contributed by atoms with van der Waals surface area (Å²) in [5.74, 6) is -0.373. The highest BCUT2D eigenvalue weighted by Gasteiger charge is 2.40. The zero-order chi connectivity index (χ0) is 24.9. The van der Waals surface area contributed by atoms with Crippen LogP contribution in [0.15, 0.2) is 54.9 Å². The molecule has 2 aliphatic rings. The molecule has 3 aromatic heterocycles. The van der Waals surface area contributed by atoms with Gasteiger partial charge in [-0.15, -0.1) is 0 Å². The predicted octanol–water partition coefficient (Wildman–Crippen LogP) is 5.65. The normalized spacial score (nSPS) is 16.7. The third-order valence-electron chi connectivity index (χ3n) is 6.90. The van der Waals surface area contributed by atoms with Crippen LogP contribution in [0, 0.1) is 12.4 Å². The topological polar surface area (TPSA) is 58.7 Å². The largest absolute Gasteiger partial charge is 0.378 e. The lowest BCUT2D eigenvalue weighted by Gasteiger charge is -2.30. The first-order valence-corrected chi connectivity index (χ1v) is 12.0. The quantitative estimate of drug-likeness (QED) is 0.353. The molecular weight excluding hydrogens is 455 g/mol. The van der Waals surface area contributed by atoms with E-state index in [1.807, 2.05) is 24.4 Å². The number of aromatic nitrogens is 3.